The zero-order valence-electron chi connectivity index (χ0n) is 19.6. The molecule has 0 bridgehead atoms. The van der Waals surface area contributed by atoms with E-state index in [-0.39, 0.29) is 18.0 Å². The summed E-state index contributed by atoms with van der Waals surface area (Å²) in [7, 11) is 0. The number of aryl methyl sites for hydroxylation is 1. The fourth-order valence-electron chi connectivity index (χ4n) is 5.49. The second-order valence-electron chi connectivity index (χ2n) is 9.71. The van der Waals surface area contributed by atoms with Gasteiger partial charge >= 0.3 is 6.03 Å². The van der Waals surface area contributed by atoms with Crippen molar-refractivity contribution in [3.63, 3.8) is 0 Å². The molecular weight excluding hydrogens is 422 g/mol. The van der Waals surface area contributed by atoms with Crippen LogP contribution >= 0.6 is 0 Å². The molecule has 1 saturated heterocycles. The van der Waals surface area contributed by atoms with Crippen molar-refractivity contribution in [2.45, 2.75) is 45.2 Å². The van der Waals surface area contributed by atoms with E-state index in [0.29, 0.717) is 18.0 Å². The monoisotopic (exact) mass is 449 g/mol. The first-order valence-electron chi connectivity index (χ1n) is 11.9. The van der Waals surface area contributed by atoms with Crippen LogP contribution in [0.1, 0.15) is 53.8 Å². The summed E-state index contributed by atoms with van der Waals surface area (Å²) in [4.78, 5) is 34.3. The predicted octanol–water partition coefficient (Wildman–Crippen LogP) is 6.08. The minimum atomic E-state index is -0.533. The number of H-pyrrole nitrogens is 1. The van der Waals surface area contributed by atoms with E-state index in [4.69, 9.17) is 0 Å². The van der Waals surface area contributed by atoms with E-state index >= 15 is 0 Å². The molecule has 2 atom stereocenters. The summed E-state index contributed by atoms with van der Waals surface area (Å²) in [5, 5.41) is 1.12. The van der Waals surface area contributed by atoms with E-state index in [1.165, 1.54) is 10.5 Å². The van der Waals surface area contributed by atoms with Gasteiger partial charge < -0.3 is 4.98 Å². The van der Waals surface area contributed by atoms with Gasteiger partial charge in [0.1, 0.15) is 12.1 Å². The maximum Gasteiger partial charge on any atom is 0.332 e. The molecule has 1 N–H and O–H groups in total. The van der Waals surface area contributed by atoms with Gasteiger partial charge in [0.05, 0.1) is 5.69 Å². The van der Waals surface area contributed by atoms with Gasteiger partial charge in [0.15, 0.2) is 0 Å². The Bertz CT molecular complexity index is 1430. The molecule has 6 rings (SSSR count). The third-order valence-corrected chi connectivity index (χ3v) is 7.23. The lowest BCUT2D eigenvalue weighted by Crippen LogP contribution is -2.44. The summed E-state index contributed by atoms with van der Waals surface area (Å²) >= 11 is 0. The van der Waals surface area contributed by atoms with Gasteiger partial charge in [0.2, 0.25) is 0 Å². The Morgan fingerprint density at radius 1 is 0.941 bits per heavy atom. The molecule has 4 aromatic rings. The van der Waals surface area contributed by atoms with Crippen molar-refractivity contribution in [3.8, 4) is 0 Å². The highest BCUT2D eigenvalue weighted by molar-refractivity contribution is 6.22. The van der Waals surface area contributed by atoms with E-state index in [0.717, 1.165) is 33.3 Å². The third kappa shape index (κ3) is 3.00. The molecule has 2 aliphatic heterocycles. The number of hydrogen-bond acceptors (Lipinski definition) is 2. The number of nitrogens with one attached hydrogen (secondary N) is 1. The first kappa shape index (κ1) is 20.7. The molecule has 2 unspecified atom stereocenters. The maximum absolute atomic E-state index is 13.9. The molecule has 3 aromatic carbocycles. The van der Waals surface area contributed by atoms with E-state index in [9.17, 15) is 9.59 Å². The second kappa shape index (κ2) is 7.59. The van der Waals surface area contributed by atoms with Crippen LogP contribution in [0, 0.1) is 6.92 Å². The van der Waals surface area contributed by atoms with Crippen molar-refractivity contribution >= 4 is 28.5 Å². The Morgan fingerprint density at radius 3 is 2.44 bits per heavy atom. The minimum Gasteiger partial charge on any atom is -0.356 e. The standard InChI is InChI=1S/C29H27N3O2/c1-17(2)19-11-13-20(14-12-19)27-26-23(22-9-4-5-10-24(22)30-26)16-25-28(33)31(29(34)32(25)27)21-8-6-7-18(3)15-21/h4-15,17,25,27,30H,16H2,1-3H3. The van der Waals surface area contributed by atoms with Crippen molar-refractivity contribution < 1.29 is 9.59 Å². The summed E-state index contributed by atoms with van der Waals surface area (Å²) in [6.07, 6.45) is 0.507. The summed E-state index contributed by atoms with van der Waals surface area (Å²) in [6, 6.07) is 23.1. The van der Waals surface area contributed by atoms with Crippen molar-refractivity contribution in [2.75, 3.05) is 4.90 Å². The Morgan fingerprint density at radius 2 is 1.71 bits per heavy atom. The van der Waals surface area contributed by atoms with Crippen LogP contribution in [0.15, 0.2) is 72.8 Å². The molecular formula is C29H27N3O2. The van der Waals surface area contributed by atoms with Crippen LogP contribution in [-0.2, 0) is 11.2 Å². The molecule has 5 heteroatoms. The molecule has 0 radical (unpaired) electrons. The van der Waals surface area contributed by atoms with Gasteiger partial charge in [-0.05, 0) is 53.3 Å². The molecule has 5 nitrogen and oxygen atoms in total. The smallest absolute Gasteiger partial charge is 0.332 e. The average Bonchev–Trinajstić information content (AvgIpc) is 3.32. The van der Waals surface area contributed by atoms with Gasteiger partial charge in [-0.25, -0.2) is 9.69 Å². The third-order valence-electron chi connectivity index (χ3n) is 7.23. The number of imide groups is 1. The van der Waals surface area contributed by atoms with E-state index < -0.39 is 6.04 Å². The number of urea groups is 1. The van der Waals surface area contributed by atoms with Crippen molar-refractivity contribution in [1.29, 1.82) is 0 Å². The SMILES string of the molecule is Cc1cccc(N2C(=O)C3Cc4c([nH]c5ccccc45)C(c4ccc(C(C)C)cc4)N3C2=O)c1. The molecule has 1 aromatic heterocycles. The number of carbonyl (C=O) groups is 2. The normalized spacial score (nSPS) is 19.8. The fraction of sp³-hybridized carbons (Fsp3) is 0.241. The summed E-state index contributed by atoms with van der Waals surface area (Å²) < 4.78 is 0. The van der Waals surface area contributed by atoms with Crippen LogP contribution in [0.25, 0.3) is 10.9 Å². The Labute approximate surface area is 199 Å². The highest BCUT2D eigenvalue weighted by Crippen LogP contribution is 2.45. The van der Waals surface area contributed by atoms with Gasteiger partial charge in [-0.1, -0.05) is 68.4 Å². The number of amides is 3. The molecule has 3 amide bonds. The number of anilines is 1. The zero-order valence-corrected chi connectivity index (χ0v) is 19.6. The molecule has 0 aliphatic carbocycles. The van der Waals surface area contributed by atoms with Gasteiger partial charge in [-0.15, -0.1) is 0 Å². The lowest BCUT2D eigenvalue weighted by atomic mass is 9.88. The van der Waals surface area contributed by atoms with Crippen molar-refractivity contribution in [1.82, 2.24) is 9.88 Å². The summed E-state index contributed by atoms with van der Waals surface area (Å²) in [5.74, 6) is 0.263. The highest BCUT2D eigenvalue weighted by atomic mass is 16.2. The Balaban J connectivity index is 1.53. The van der Waals surface area contributed by atoms with Crippen LogP contribution in [0.2, 0.25) is 0 Å². The second-order valence-corrected chi connectivity index (χ2v) is 9.71. The number of hydrogen-bond donors (Lipinski definition) is 1. The van der Waals surface area contributed by atoms with Crippen molar-refractivity contribution in [3.05, 3.63) is 101 Å². The fourth-order valence-corrected chi connectivity index (χ4v) is 5.49. The molecule has 3 heterocycles. The van der Waals surface area contributed by atoms with E-state index in [1.807, 2.05) is 43.3 Å². The zero-order chi connectivity index (χ0) is 23.6. The Kier molecular flexibility index (Phi) is 4.63. The topological polar surface area (TPSA) is 56.4 Å². The first-order chi connectivity index (χ1) is 16.4. The molecule has 2 aliphatic rings. The van der Waals surface area contributed by atoms with E-state index in [1.54, 1.807) is 4.90 Å². The quantitative estimate of drug-likeness (QED) is 0.385. The van der Waals surface area contributed by atoms with E-state index in [2.05, 4.69) is 55.2 Å². The summed E-state index contributed by atoms with van der Waals surface area (Å²) in [6.45, 7) is 6.31. The van der Waals surface area contributed by atoms with Crippen LogP contribution in [-0.4, -0.2) is 27.9 Å². The minimum absolute atomic E-state index is 0.157. The van der Waals surface area contributed by atoms with Crippen LogP contribution in [0.5, 0.6) is 0 Å². The molecule has 34 heavy (non-hydrogen) atoms. The van der Waals surface area contributed by atoms with Gasteiger partial charge in [-0.3, -0.25) is 9.69 Å². The van der Waals surface area contributed by atoms with Crippen LogP contribution in [0.3, 0.4) is 0 Å². The van der Waals surface area contributed by atoms with Crippen LogP contribution < -0.4 is 4.90 Å². The number of aromatic nitrogens is 1. The van der Waals surface area contributed by atoms with Crippen LogP contribution in [0.4, 0.5) is 10.5 Å². The predicted molar refractivity (Wildman–Crippen MR) is 134 cm³/mol. The molecule has 0 saturated carbocycles. The lowest BCUT2D eigenvalue weighted by molar-refractivity contribution is -0.120. The average molecular weight is 450 g/mol. The number of fused-ring (bicyclic) bond motifs is 4. The highest BCUT2D eigenvalue weighted by Gasteiger charge is 2.53. The number of rotatable bonds is 3. The van der Waals surface area contributed by atoms with Gasteiger partial charge in [-0.2, -0.15) is 0 Å². The van der Waals surface area contributed by atoms with Gasteiger partial charge in [0, 0.05) is 23.0 Å². The molecule has 170 valence electrons. The van der Waals surface area contributed by atoms with Crippen molar-refractivity contribution in [2.24, 2.45) is 0 Å². The molecule has 0 spiro atoms. The number of carbonyl (C=O) groups excluding carboxylic acids is 2. The number of para-hydroxylation sites is 1. The largest absolute Gasteiger partial charge is 0.356 e. The number of nitrogens with zero attached hydrogens (tertiary/aromatic N) is 2. The first-order valence-corrected chi connectivity index (χ1v) is 11.9. The maximum atomic E-state index is 13.9. The number of benzene rings is 3. The number of aromatic amines is 1. The molecule has 1 fully saturated rings. The summed E-state index contributed by atoms with van der Waals surface area (Å²) in [5.41, 5.74) is 7.07. The lowest BCUT2D eigenvalue weighted by Gasteiger charge is -2.36. The van der Waals surface area contributed by atoms with Gasteiger partial charge in [0.25, 0.3) is 5.91 Å². The Hall–Kier alpha value is -3.86.